The normalized spacial score (nSPS) is 14.9. The molecule has 4 rings (SSSR count). The standard InChI is InChI=1S/C16H12N4OS/c1-9-8-20-14(17)12(15(21)19-16(20)22-9)6-10-7-18-13-5-3-2-4-11(10)13/h2-8H,17H2,1H3. The SMILES string of the molecule is Cc1cn2c(N)c(C=C3C=Nc4ccccc43)c(=O)nc2s1. The quantitative estimate of drug-likeness (QED) is 0.751. The molecule has 1 aliphatic heterocycles. The van der Waals surface area contributed by atoms with Crippen LogP contribution < -0.4 is 11.3 Å². The first-order valence-electron chi connectivity index (χ1n) is 6.77. The van der Waals surface area contributed by atoms with Gasteiger partial charge in [0.25, 0.3) is 5.56 Å². The lowest BCUT2D eigenvalue weighted by Gasteiger charge is -2.04. The molecule has 2 aromatic heterocycles. The molecule has 0 spiro atoms. The zero-order chi connectivity index (χ0) is 15.3. The molecule has 22 heavy (non-hydrogen) atoms. The number of hydrogen-bond donors (Lipinski definition) is 1. The number of aliphatic imine (C=N–C) groups is 1. The second-order valence-electron chi connectivity index (χ2n) is 5.09. The maximum absolute atomic E-state index is 12.3. The van der Waals surface area contributed by atoms with Gasteiger partial charge in [0.15, 0.2) is 4.96 Å². The van der Waals surface area contributed by atoms with Gasteiger partial charge in [-0.3, -0.25) is 14.2 Å². The number of benzene rings is 1. The van der Waals surface area contributed by atoms with Gasteiger partial charge in [0.2, 0.25) is 0 Å². The highest BCUT2D eigenvalue weighted by atomic mass is 32.1. The van der Waals surface area contributed by atoms with E-state index in [0.717, 1.165) is 21.7 Å². The summed E-state index contributed by atoms with van der Waals surface area (Å²) in [5.74, 6) is 0.407. The molecule has 0 atom stereocenters. The van der Waals surface area contributed by atoms with Crippen LogP contribution in [0.5, 0.6) is 0 Å². The van der Waals surface area contributed by atoms with E-state index in [0.29, 0.717) is 16.3 Å². The number of fused-ring (bicyclic) bond motifs is 2. The van der Waals surface area contributed by atoms with Crippen LogP contribution in [0.2, 0.25) is 0 Å². The lowest BCUT2D eigenvalue weighted by Crippen LogP contribution is -2.15. The number of aromatic nitrogens is 2. The summed E-state index contributed by atoms with van der Waals surface area (Å²) < 4.78 is 1.76. The second-order valence-corrected chi connectivity index (χ2v) is 6.30. The Morgan fingerprint density at radius 2 is 2.14 bits per heavy atom. The van der Waals surface area contributed by atoms with Gasteiger partial charge in [0, 0.05) is 28.4 Å². The fourth-order valence-corrected chi connectivity index (χ4v) is 3.36. The lowest BCUT2D eigenvalue weighted by atomic mass is 10.1. The summed E-state index contributed by atoms with van der Waals surface area (Å²) in [7, 11) is 0. The largest absolute Gasteiger partial charge is 0.384 e. The molecule has 1 aromatic carbocycles. The number of nitrogen functional groups attached to an aromatic ring is 1. The molecule has 0 amide bonds. The molecule has 3 aromatic rings. The number of anilines is 1. The topological polar surface area (TPSA) is 72.8 Å². The highest BCUT2D eigenvalue weighted by Gasteiger charge is 2.15. The highest BCUT2D eigenvalue weighted by Crippen LogP contribution is 2.32. The predicted octanol–water partition coefficient (Wildman–Crippen LogP) is 2.90. The second kappa shape index (κ2) is 4.64. The molecule has 0 saturated heterocycles. The number of nitrogens with zero attached hydrogens (tertiary/aromatic N) is 3. The van der Waals surface area contributed by atoms with Crippen molar-refractivity contribution in [1.82, 2.24) is 9.38 Å². The van der Waals surface area contributed by atoms with Crippen molar-refractivity contribution in [2.45, 2.75) is 6.92 Å². The minimum atomic E-state index is -0.315. The first-order valence-corrected chi connectivity index (χ1v) is 7.58. The molecule has 1 aliphatic rings. The summed E-state index contributed by atoms with van der Waals surface area (Å²) in [6.45, 7) is 1.96. The molecule has 108 valence electrons. The molecule has 3 heterocycles. The van der Waals surface area contributed by atoms with E-state index < -0.39 is 0 Å². The number of allylic oxidation sites excluding steroid dienone is 1. The van der Waals surface area contributed by atoms with Crippen molar-refractivity contribution < 1.29 is 0 Å². The van der Waals surface area contributed by atoms with Crippen LogP contribution in [0.25, 0.3) is 16.6 Å². The number of nitrogens with two attached hydrogens (primary N) is 1. The molecule has 0 unspecified atom stereocenters. The maximum atomic E-state index is 12.3. The van der Waals surface area contributed by atoms with Gasteiger partial charge in [-0.25, -0.2) is 0 Å². The van der Waals surface area contributed by atoms with E-state index >= 15 is 0 Å². The maximum Gasteiger partial charge on any atom is 0.283 e. The van der Waals surface area contributed by atoms with E-state index in [2.05, 4.69) is 9.98 Å². The summed E-state index contributed by atoms with van der Waals surface area (Å²) in [6.07, 6.45) is 5.40. The van der Waals surface area contributed by atoms with Gasteiger partial charge in [-0.1, -0.05) is 18.2 Å². The Hall–Kier alpha value is -2.73. The Morgan fingerprint density at radius 3 is 3.00 bits per heavy atom. The van der Waals surface area contributed by atoms with Gasteiger partial charge < -0.3 is 5.73 Å². The fraction of sp³-hybridized carbons (Fsp3) is 0.0625. The van der Waals surface area contributed by atoms with Gasteiger partial charge in [0.1, 0.15) is 5.82 Å². The van der Waals surface area contributed by atoms with Crippen molar-refractivity contribution in [2.75, 3.05) is 5.73 Å². The third-order valence-electron chi connectivity index (χ3n) is 3.59. The Kier molecular flexibility index (Phi) is 2.74. The fourth-order valence-electron chi connectivity index (χ4n) is 2.54. The first kappa shape index (κ1) is 13.0. The van der Waals surface area contributed by atoms with E-state index in [1.807, 2.05) is 37.4 Å². The van der Waals surface area contributed by atoms with Crippen molar-refractivity contribution in [2.24, 2.45) is 4.99 Å². The summed E-state index contributed by atoms with van der Waals surface area (Å²) in [5, 5.41) is 0. The van der Waals surface area contributed by atoms with E-state index in [1.54, 1.807) is 16.7 Å². The molecule has 5 nitrogen and oxygen atoms in total. The van der Waals surface area contributed by atoms with Gasteiger partial charge in [-0.05, 0) is 19.1 Å². The van der Waals surface area contributed by atoms with Crippen LogP contribution in [0.1, 0.15) is 16.0 Å². The molecule has 0 saturated carbocycles. The van der Waals surface area contributed by atoms with Crippen molar-refractivity contribution in [3.63, 3.8) is 0 Å². The third kappa shape index (κ3) is 1.88. The highest BCUT2D eigenvalue weighted by molar-refractivity contribution is 7.16. The van der Waals surface area contributed by atoms with Crippen LogP contribution in [-0.4, -0.2) is 15.6 Å². The molecule has 0 aliphatic carbocycles. The van der Waals surface area contributed by atoms with Crippen molar-refractivity contribution >= 4 is 45.7 Å². The van der Waals surface area contributed by atoms with Crippen molar-refractivity contribution in [3.05, 3.63) is 56.8 Å². The van der Waals surface area contributed by atoms with Crippen LogP contribution in [0.15, 0.2) is 40.2 Å². The minimum Gasteiger partial charge on any atom is -0.384 e. The number of aryl methyl sites for hydroxylation is 1. The molecule has 0 radical (unpaired) electrons. The number of para-hydroxylation sites is 1. The van der Waals surface area contributed by atoms with Crippen LogP contribution in [0.3, 0.4) is 0 Å². The molecular formula is C16H12N4OS. The third-order valence-corrected chi connectivity index (χ3v) is 4.49. The summed E-state index contributed by atoms with van der Waals surface area (Å²) in [6, 6.07) is 7.79. The van der Waals surface area contributed by atoms with E-state index in [1.165, 1.54) is 11.3 Å². The Labute approximate surface area is 130 Å². The first-order chi connectivity index (χ1) is 10.6. The minimum absolute atomic E-state index is 0.315. The molecule has 0 bridgehead atoms. The number of rotatable bonds is 1. The summed E-state index contributed by atoms with van der Waals surface area (Å²) in [4.78, 5) is 22.4. The van der Waals surface area contributed by atoms with Crippen LogP contribution in [0, 0.1) is 6.92 Å². The molecular weight excluding hydrogens is 296 g/mol. The van der Waals surface area contributed by atoms with Gasteiger partial charge in [-0.2, -0.15) is 4.98 Å². The summed E-state index contributed by atoms with van der Waals surface area (Å²) in [5.41, 5.74) is 9.01. The van der Waals surface area contributed by atoms with Crippen molar-refractivity contribution in [1.29, 1.82) is 0 Å². The Bertz CT molecular complexity index is 1030. The average molecular weight is 308 g/mol. The van der Waals surface area contributed by atoms with Gasteiger partial charge in [-0.15, -0.1) is 11.3 Å². The molecule has 0 fully saturated rings. The number of hydrogen-bond acceptors (Lipinski definition) is 5. The summed E-state index contributed by atoms with van der Waals surface area (Å²) >= 11 is 1.45. The van der Waals surface area contributed by atoms with E-state index in [4.69, 9.17) is 5.73 Å². The Balaban J connectivity index is 1.95. The molecule has 6 heteroatoms. The van der Waals surface area contributed by atoms with E-state index in [9.17, 15) is 4.79 Å². The van der Waals surface area contributed by atoms with Gasteiger partial charge >= 0.3 is 0 Å². The zero-order valence-corrected chi connectivity index (χ0v) is 12.6. The number of thiazole rings is 1. The van der Waals surface area contributed by atoms with Crippen LogP contribution in [0.4, 0.5) is 11.5 Å². The monoisotopic (exact) mass is 308 g/mol. The van der Waals surface area contributed by atoms with Crippen LogP contribution >= 0.6 is 11.3 Å². The average Bonchev–Trinajstić information content (AvgIpc) is 3.07. The zero-order valence-electron chi connectivity index (χ0n) is 11.8. The van der Waals surface area contributed by atoms with Gasteiger partial charge in [0.05, 0.1) is 11.3 Å². The molecule has 2 N–H and O–H groups in total. The predicted molar refractivity (Wildman–Crippen MR) is 91.0 cm³/mol. The smallest absolute Gasteiger partial charge is 0.283 e. The van der Waals surface area contributed by atoms with E-state index in [-0.39, 0.29) is 5.56 Å². The lowest BCUT2D eigenvalue weighted by molar-refractivity contribution is 1.11. The van der Waals surface area contributed by atoms with Crippen molar-refractivity contribution in [3.8, 4) is 0 Å². The Morgan fingerprint density at radius 1 is 1.32 bits per heavy atom. The van der Waals surface area contributed by atoms with Crippen LogP contribution in [-0.2, 0) is 0 Å².